The van der Waals surface area contributed by atoms with E-state index in [9.17, 15) is 23.9 Å². The van der Waals surface area contributed by atoms with Crippen molar-refractivity contribution in [3.63, 3.8) is 0 Å². The molecular weight excluding hydrogens is 365 g/mol. The normalized spacial score (nSPS) is 18.5. The molecule has 0 spiro atoms. The Balaban J connectivity index is 2.08. The first kappa shape index (κ1) is 19.3. The molecule has 1 saturated heterocycles. The van der Waals surface area contributed by atoms with Gasteiger partial charge in [-0.3, -0.25) is 14.4 Å². The van der Waals surface area contributed by atoms with Crippen LogP contribution in [0.5, 0.6) is 0 Å². The van der Waals surface area contributed by atoms with Crippen molar-refractivity contribution in [1.82, 2.24) is 4.90 Å². The van der Waals surface area contributed by atoms with Crippen LogP contribution in [0.25, 0.3) is 5.76 Å². The second-order valence-corrected chi connectivity index (χ2v) is 6.41. The highest BCUT2D eigenvalue weighted by Gasteiger charge is 2.45. The van der Waals surface area contributed by atoms with Gasteiger partial charge in [0.15, 0.2) is 0 Å². The Hall–Kier alpha value is -3.48. The molecule has 3 rings (SSSR count). The minimum absolute atomic E-state index is 0.0183. The molecule has 1 aliphatic rings. The molecule has 28 heavy (non-hydrogen) atoms. The van der Waals surface area contributed by atoms with Crippen molar-refractivity contribution in [1.29, 1.82) is 0 Å². The zero-order valence-corrected chi connectivity index (χ0v) is 14.8. The summed E-state index contributed by atoms with van der Waals surface area (Å²) in [7, 11) is 0. The van der Waals surface area contributed by atoms with Crippen LogP contribution in [0.2, 0.25) is 0 Å². The zero-order chi connectivity index (χ0) is 20.3. The second-order valence-electron chi connectivity index (χ2n) is 6.41. The minimum Gasteiger partial charge on any atom is -0.507 e. The number of benzene rings is 2. The molecule has 1 amide bonds. The first-order valence-electron chi connectivity index (χ1n) is 8.71. The van der Waals surface area contributed by atoms with E-state index in [4.69, 9.17) is 5.11 Å². The van der Waals surface area contributed by atoms with Crippen LogP contribution < -0.4 is 0 Å². The number of likely N-dealkylation sites (tertiary alicyclic amines) is 1. The lowest BCUT2D eigenvalue weighted by atomic mass is 9.95. The Labute approximate surface area is 160 Å². The summed E-state index contributed by atoms with van der Waals surface area (Å²) >= 11 is 0. The summed E-state index contributed by atoms with van der Waals surface area (Å²) in [6.07, 6.45) is -0.0246. The maximum atomic E-state index is 13.4. The minimum atomic E-state index is -1.01. The van der Waals surface area contributed by atoms with E-state index in [1.165, 1.54) is 29.2 Å². The summed E-state index contributed by atoms with van der Waals surface area (Å²) < 4.78 is 13.4. The molecule has 6 nitrogen and oxygen atoms in total. The Morgan fingerprint density at radius 1 is 1.00 bits per heavy atom. The predicted molar refractivity (Wildman–Crippen MR) is 98.7 cm³/mol. The van der Waals surface area contributed by atoms with Crippen LogP contribution in [0, 0.1) is 5.82 Å². The maximum Gasteiger partial charge on any atom is 0.303 e. The van der Waals surface area contributed by atoms with Crippen LogP contribution in [-0.2, 0) is 14.4 Å². The molecule has 2 aromatic carbocycles. The van der Waals surface area contributed by atoms with E-state index in [1.54, 1.807) is 30.3 Å². The van der Waals surface area contributed by atoms with E-state index in [1.807, 2.05) is 0 Å². The Kier molecular flexibility index (Phi) is 5.54. The number of rotatable bonds is 6. The molecule has 1 aliphatic heterocycles. The highest BCUT2D eigenvalue weighted by atomic mass is 19.1. The molecular formula is C21H18FNO5. The molecule has 1 unspecified atom stereocenters. The van der Waals surface area contributed by atoms with Gasteiger partial charge in [0.1, 0.15) is 11.6 Å². The van der Waals surface area contributed by atoms with Gasteiger partial charge in [0.05, 0.1) is 11.6 Å². The van der Waals surface area contributed by atoms with E-state index < -0.39 is 29.5 Å². The largest absolute Gasteiger partial charge is 0.507 e. The maximum absolute atomic E-state index is 13.4. The summed E-state index contributed by atoms with van der Waals surface area (Å²) in [6, 6.07) is 12.7. The van der Waals surface area contributed by atoms with Crippen LogP contribution in [0.1, 0.15) is 30.0 Å². The summed E-state index contributed by atoms with van der Waals surface area (Å²) in [5, 5.41) is 19.6. The van der Waals surface area contributed by atoms with Crippen LogP contribution in [0.3, 0.4) is 0 Å². The van der Waals surface area contributed by atoms with E-state index in [2.05, 4.69) is 0 Å². The van der Waals surface area contributed by atoms with Crippen LogP contribution >= 0.6 is 0 Å². The highest BCUT2D eigenvalue weighted by molar-refractivity contribution is 6.46. The number of aliphatic hydroxyl groups excluding tert-OH is 1. The molecule has 2 N–H and O–H groups in total. The number of hydrogen-bond acceptors (Lipinski definition) is 4. The lowest BCUT2D eigenvalue weighted by Gasteiger charge is -2.25. The third-order valence-corrected chi connectivity index (χ3v) is 4.56. The highest BCUT2D eigenvalue weighted by Crippen LogP contribution is 2.39. The molecule has 0 saturated carbocycles. The number of hydrogen-bond donors (Lipinski definition) is 2. The molecule has 0 bridgehead atoms. The fraction of sp³-hybridized carbons (Fsp3) is 0.190. The number of ketones is 1. The average molecular weight is 383 g/mol. The summed E-state index contributed by atoms with van der Waals surface area (Å²) in [4.78, 5) is 37.3. The van der Waals surface area contributed by atoms with Crippen molar-refractivity contribution in [2.45, 2.75) is 18.9 Å². The number of amides is 1. The SMILES string of the molecule is O=C(O)CCCN1C(=O)C(=O)/C(=C(\O)c2ccccc2)C1c1ccc(F)cc1. The topological polar surface area (TPSA) is 94.9 Å². The lowest BCUT2D eigenvalue weighted by Crippen LogP contribution is -2.31. The molecule has 0 aromatic heterocycles. The number of carboxylic acid groups (broad SMARTS) is 1. The fourth-order valence-electron chi connectivity index (χ4n) is 3.25. The third kappa shape index (κ3) is 3.78. The predicted octanol–water partition coefficient (Wildman–Crippen LogP) is 3.11. The van der Waals surface area contributed by atoms with Gasteiger partial charge < -0.3 is 15.1 Å². The summed E-state index contributed by atoms with van der Waals surface area (Å²) in [6.45, 7) is 0.0183. The molecule has 1 fully saturated rings. The monoisotopic (exact) mass is 383 g/mol. The van der Waals surface area contributed by atoms with Gasteiger partial charge in [-0.1, -0.05) is 42.5 Å². The molecule has 1 atom stereocenters. The summed E-state index contributed by atoms with van der Waals surface area (Å²) in [5.74, 6) is -3.49. The smallest absolute Gasteiger partial charge is 0.303 e. The molecule has 0 radical (unpaired) electrons. The lowest BCUT2D eigenvalue weighted by molar-refractivity contribution is -0.140. The van der Waals surface area contributed by atoms with Crippen molar-refractivity contribution >= 4 is 23.4 Å². The number of carbonyl (C=O) groups is 3. The molecule has 144 valence electrons. The van der Waals surface area contributed by atoms with E-state index in [0.29, 0.717) is 11.1 Å². The first-order chi connectivity index (χ1) is 13.4. The number of Topliss-reactive ketones (excluding diaryl/α,β-unsaturated/α-hetero) is 1. The number of carbonyl (C=O) groups excluding carboxylic acids is 2. The second kappa shape index (κ2) is 8.04. The van der Waals surface area contributed by atoms with Crippen molar-refractivity contribution in [3.05, 3.63) is 77.1 Å². The first-order valence-corrected chi connectivity index (χ1v) is 8.71. The van der Waals surface area contributed by atoms with Crippen molar-refractivity contribution in [3.8, 4) is 0 Å². The van der Waals surface area contributed by atoms with Gasteiger partial charge in [-0.2, -0.15) is 0 Å². The van der Waals surface area contributed by atoms with Crippen molar-refractivity contribution in [2.24, 2.45) is 0 Å². The molecule has 2 aromatic rings. The van der Waals surface area contributed by atoms with Crippen molar-refractivity contribution in [2.75, 3.05) is 6.54 Å². The summed E-state index contributed by atoms with van der Waals surface area (Å²) in [5.41, 5.74) is 0.727. The number of aliphatic hydroxyl groups is 1. The van der Waals surface area contributed by atoms with Crippen LogP contribution in [0.4, 0.5) is 4.39 Å². The van der Waals surface area contributed by atoms with Gasteiger partial charge in [0.25, 0.3) is 11.7 Å². The van der Waals surface area contributed by atoms with E-state index >= 15 is 0 Å². The number of aliphatic carboxylic acids is 1. The molecule has 7 heteroatoms. The standard InChI is InChI=1S/C21H18FNO5/c22-15-10-8-13(9-11-15)18-17(19(26)14-5-2-1-3-6-14)20(27)21(28)23(18)12-4-7-16(24)25/h1-3,5-6,8-11,18,26H,4,7,12H2,(H,24,25)/b19-17-. The van der Waals surface area contributed by atoms with Gasteiger partial charge in [-0.05, 0) is 24.1 Å². The third-order valence-electron chi connectivity index (χ3n) is 4.56. The van der Waals surface area contributed by atoms with Crippen LogP contribution in [-0.4, -0.2) is 39.3 Å². The van der Waals surface area contributed by atoms with Gasteiger partial charge in [-0.25, -0.2) is 4.39 Å². The number of carboxylic acids is 1. The van der Waals surface area contributed by atoms with E-state index in [0.717, 1.165) is 0 Å². The van der Waals surface area contributed by atoms with E-state index in [-0.39, 0.29) is 30.7 Å². The van der Waals surface area contributed by atoms with Gasteiger partial charge in [-0.15, -0.1) is 0 Å². The Morgan fingerprint density at radius 2 is 1.64 bits per heavy atom. The van der Waals surface area contributed by atoms with Gasteiger partial charge >= 0.3 is 5.97 Å². The Bertz CT molecular complexity index is 937. The van der Waals surface area contributed by atoms with Crippen molar-refractivity contribution < 1.29 is 29.0 Å². The number of nitrogens with zero attached hydrogens (tertiary/aromatic N) is 1. The van der Waals surface area contributed by atoms with Gasteiger partial charge in [0.2, 0.25) is 0 Å². The number of halogens is 1. The zero-order valence-electron chi connectivity index (χ0n) is 14.8. The van der Waals surface area contributed by atoms with Crippen LogP contribution in [0.15, 0.2) is 60.2 Å². The molecule has 0 aliphatic carbocycles. The molecule has 1 heterocycles. The fourth-order valence-corrected chi connectivity index (χ4v) is 3.25. The average Bonchev–Trinajstić information content (AvgIpc) is 2.93. The quantitative estimate of drug-likeness (QED) is 0.454. The Morgan fingerprint density at radius 3 is 2.25 bits per heavy atom. The van der Waals surface area contributed by atoms with Gasteiger partial charge in [0, 0.05) is 18.5 Å².